The smallest absolute Gasteiger partial charge is 0.159 e. The number of hydrogen-bond acceptors (Lipinski definition) is 3. The van der Waals surface area contributed by atoms with E-state index >= 15 is 0 Å². The van der Waals surface area contributed by atoms with Crippen molar-refractivity contribution >= 4 is 16.9 Å². The van der Waals surface area contributed by atoms with Gasteiger partial charge < -0.3 is 10.3 Å². The maximum absolute atomic E-state index is 5.84. The second kappa shape index (κ2) is 5.33. The Hall–Kier alpha value is -2.36. The van der Waals surface area contributed by atoms with E-state index in [0.29, 0.717) is 0 Å². The van der Waals surface area contributed by atoms with Crippen molar-refractivity contribution in [2.45, 2.75) is 26.3 Å². The third kappa shape index (κ3) is 2.37. The number of anilines is 1. The van der Waals surface area contributed by atoms with Crippen LogP contribution in [0.15, 0.2) is 42.6 Å². The Balaban J connectivity index is 2.04. The van der Waals surface area contributed by atoms with Crippen LogP contribution in [0.25, 0.3) is 11.2 Å². The number of nitrogens with zero attached hydrogens (tertiary/aromatic N) is 3. The minimum atomic E-state index is 0.779. The monoisotopic (exact) mass is 266 g/mol. The zero-order valence-corrected chi connectivity index (χ0v) is 11.6. The average molecular weight is 266 g/mol. The molecule has 1 aromatic carbocycles. The highest BCUT2D eigenvalue weighted by atomic mass is 15.1. The van der Waals surface area contributed by atoms with Gasteiger partial charge in [0.1, 0.15) is 11.3 Å². The van der Waals surface area contributed by atoms with Gasteiger partial charge in [-0.1, -0.05) is 19.1 Å². The van der Waals surface area contributed by atoms with E-state index in [9.17, 15) is 0 Å². The van der Waals surface area contributed by atoms with E-state index in [-0.39, 0.29) is 0 Å². The Labute approximate surface area is 118 Å². The van der Waals surface area contributed by atoms with Crippen molar-refractivity contribution in [1.29, 1.82) is 0 Å². The second-order valence-corrected chi connectivity index (χ2v) is 4.95. The number of rotatable bonds is 4. The Morgan fingerprint density at radius 1 is 1.20 bits per heavy atom. The van der Waals surface area contributed by atoms with Crippen LogP contribution in [0.2, 0.25) is 0 Å². The number of hydrogen-bond donors (Lipinski definition) is 1. The Bertz CT molecular complexity index is 730. The first-order valence-electron chi connectivity index (χ1n) is 6.92. The summed E-state index contributed by atoms with van der Waals surface area (Å²) >= 11 is 0. The third-order valence-corrected chi connectivity index (χ3v) is 3.34. The van der Waals surface area contributed by atoms with Crippen LogP contribution >= 0.6 is 0 Å². The molecule has 20 heavy (non-hydrogen) atoms. The van der Waals surface area contributed by atoms with E-state index in [4.69, 9.17) is 10.7 Å². The number of aryl methyl sites for hydroxylation is 1. The van der Waals surface area contributed by atoms with Gasteiger partial charge in [0.25, 0.3) is 0 Å². The summed E-state index contributed by atoms with van der Waals surface area (Å²) in [5.74, 6) is 1.05. The van der Waals surface area contributed by atoms with Crippen LogP contribution in [0.5, 0.6) is 0 Å². The molecule has 2 N–H and O–H groups in total. The highest BCUT2D eigenvalue weighted by Crippen LogP contribution is 2.18. The van der Waals surface area contributed by atoms with E-state index in [1.165, 1.54) is 5.56 Å². The largest absolute Gasteiger partial charge is 0.399 e. The van der Waals surface area contributed by atoms with Crippen LogP contribution in [0.3, 0.4) is 0 Å². The molecule has 0 aliphatic carbocycles. The maximum Gasteiger partial charge on any atom is 0.159 e. The molecule has 0 saturated carbocycles. The quantitative estimate of drug-likeness (QED) is 0.738. The van der Waals surface area contributed by atoms with Crippen molar-refractivity contribution in [2.75, 3.05) is 5.73 Å². The Morgan fingerprint density at radius 2 is 2.10 bits per heavy atom. The van der Waals surface area contributed by atoms with Crippen molar-refractivity contribution in [3.63, 3.8) is 0 Å². The van der Waals surface area contributed by atoms with Crippen LogP contribution in [-0.2, 0) is 13.0 Å². The molecule has 2 heterocycles. The van der Waals surface area contributed by atoms with Gasteiger partial charge in [0.15, 0.2) is 5.65 Å². The maximum atomic E-state index is 5.84. The van der Waals surface area contributed by atoms with Crippen LogP contribution in [0.4, 0.5) is 5.69 Å². The van der Waals surface area contributed by atoms with Gasteiger partial charge in [0.05, 0.1) is 0 Å². The van der Waals surface area contributed by atoms with E-state index in [1.807, 2.05) is 36.5 Å². The zero-order valence-electron chi connectivity index (χ0n) is 11.6. The van der Waals surface area contributed by atoms with Gasteiger partial charge >= 0.3 is 0 Å². The molecule has 0 spiro atoms. The van der Waals surface area contributed by atoms with Gasteiger partial charge in [0, 0.05) is 24.8 Å². The molecule has 102 valence electrons. The van der Waals surface area contributed by atoms with Crippen molar-refractivity contribution in [3.05, 3.63) is 54.0 Å². The van der Waals surface area contributed by atoms with Gasteiger partial charge in [-0.15, -0.1) is 0 Å². The zero-order chi connectivity index (χ0) is 13.9. The van der Waals surface area contributed by atoms with Crippen LogP contribution in [0, 0.1) is 0 Å². The highest BCUT2D eigenvalue weighted by molar-refractivity contribution is 5.71. The number of benzene rings is 1. The minimum absolute atomic E-state index is 0.779. The van der Waals surface area contributed by atoms with Gasteiger partial charge in [-0.05, 0) is 36.2 Å². The molecule has 4 heteroatoms. The minimum Gasteiger partial charge on any atom is -0.399 e. The molecule has 0 unspecified atom stereocenters. The predicted octanol–water partition coefficient (Wildman–Crippen LogP) is 3.01. The molecule has 4 nitrogen and oxygen atoms in total. The van der Waals surface area contributed by atoms with E-state index in [0.717, 1.165) is 42.1 Å². The first-order chi connectivity index (χ1) is 9.78. The van der Waals surface area contributed by atoms with Crippen LogP contribution < -0.4 is 5.73 Å². The fourth-order valence-corrected chi connectivity index (χ4v) is 2.48. The van der Waals surface area contributed by atoms with E-state index in [1.54, 1.807) is 0 Å². The normalized spacial score (nSPS) is 11.1. The first kappa shape index (κ1) is 12.7. The lowest BCUT2D eigenvalue weighted by molar-refractivity contribution is 0.659. The molecule has 0 bridgehead atoms. The first-order valence-corrected chi connectivity index (χ1v) is 6.92. The molecule has 0 radical (unpaired) electrons. The Kier molecular flexibility index (Phi) is 3.37. The second-order valence-electron chi connectivity index (χ2n) is 4.95. The standard InChI is InChI=1S/C16H18N4/c1-2-9-20-15(11-12-5-3-6-13(17)10-12)19-14-7-4-8-18-16(14)20/h3-8,10H,2,9,11,17H2,1H3. The molecular formula is C16H18N4. The molecule has 0 amide bonds. The number of imidazole rings is 1. The lowest BCUT2D eigenvalue weighted by Crippen LogP contribution is -2.05. The van der Waals surface area contributed by atoms with Crippen LogP contribution in [0.1, 0.15) is 24.7 Å². The van der Waals surface area contributed by atoms with E-state index in [2.05, 4.69) is 22.5 Å². The van der Waals surface area contributed by atoms with Crippen molar-refractivity contribution in [3.8, 4) is 0 Å². The third-order valence-electron chi connectivity index (χ3n) is 3.34. The fraction of sp³-hybridized carbons (Fsp3) is 0.250. The number of aromatic nitrogens is 3. The molecule has 0 aliphatic rings. The van der Waals surface area contributed by atoms with E-state index < -0.39 is 0 Å². The van der Waals surface area contributed by atoms with Crippen molar-refractivity contribution in [2.24, 2.45) is 0 Å². The van der Waals surface area contributed by atoms with Gasteiger partial charge in [-0.25, -0.2) is 9.97 Å². The summed E-state index contributed by atoms with van der Waals surface area (Å²) in [6, 6.07) is 11.9. The van der Waals surface area contributed by atoms with Gasteiger partial charge in [0.2, 0.25) is 0 Å². The topological polar surface area (TPSA) is 56.7 Å². The number of pyridine rings is 1. The number of fused-ring (bicyclic) bond motifs is 1. The molecular weight excluding hydrogens is 248 g/mol. The fourth-order valence-electron chi connectivity index (χ4n) is 2.48. The summed E-state index contributed by atoms with van der Waals surface area (Å²) in [6.45, 7) is 3.10. The lowest BCUT2D eigenvalue weighted by atomic mass is 10.1. The van der Waals surface area contributed by atoms with Gasteiger partial charge in [-0.2, -0.15) is 0 Å². The van der Waals surface area contributed by atoms with Crippen LogP contribution in [-0.4, -0.2) is 14.5 Å². The molecule has 0 fully saturated rings. The number of nitrogens with two attached hydrogens (primary N) is 1. The predicted molar refractivity (Wildman–Crippen MR) is 81.5 cm³/mol. The number of nitrogen functional groups attached to an aromatic ring is 1. The summed E-state index contributed by atoms with van der Waals surface area (Å²) in [5, 5.41) is 0. The summed E-state index contributed by atoms with van der Waals surface area (Å²) < 4.78 is 2.21. The highest BCUT2D eigenvalue weighted by Gasteiger charge is 2.11. The Morgan fingerprint density at radius 3 is 2.90 bits per heavy atom. The lowest BCUT2D eigenvalue weighted by Gasteiger charge is -2.07. The summed E-state index contributed by atoms with van der Waals surface area (Å²) in [7, 11) is 0. The summed E-state index contributed by atoms with van der Waals surface area (Å²) in [4.78, 5) is 9.17. The molecule has 3 aromatic rings. The summed E-state index contributed by atoms with van der Waals surface area (Å²) in [6.07, 6.45) is 3.66. The molecule has 0 atom stereocenters. The average Bonchev–Trinajstić information content (AvgIpc) is 2.77. The van der Waals surface area contributed by atoms with Crippen molar-refractivity contribution in [1.82, 2.24) is 14.5 Å². The summed E-state index contributed by atoms with van der Waals surface area (Å²) in [5.41, 5.74) is 9.74. The van der Waals surface area contributed by atoms with Crippen molar-refractivity contribution < 1.29 is 0 Å². The molecule has 0 aliphatic heterocycles. The SMILES string of the molecule is CCCn1c(Cc2cccc(N)c2)nc2cccnc21. The molecule has 0 saturated heterocycles. The van der Waals surface area contributed by atoms with Gasteiger partial charge in [-0.3, -0.25) is 0 Å². The molecule has 2 aromatic heterocycles. The molecule has 3 rings (SSSR count).